The van der Waals surface area contributed by atoms with Crippen LogP contribution in [-0.4, -0.2) is 22.0 Å². The summed E-state index contributed by atoms with van der Waals surface area (Å²) in [6.45, 7) is 2.22. The summed E-state index contributed by atoms with van der Waals surface area (Å²) in [4.78, 5) is 27.4. The van der Waals surface area contributed by atoms with E-state index in [9.17, 15) is 9.59 Å². The van der Waals surface area contributed by atoms with Crippen LogP contribution in [0.1, 0.15) is 26.4 Å². The number of amides is 1. The molecule has 2 N–H and O–H groups in total. The van der Waals surface area contributed by atoms with Gasteiger partial charge in [0.05, 0.1) is 12.1 Å². The Bertz CT molecular complexity index is 692. The first-order chi connectivity index (χ1) is 10.1. The number of nitrogens with zero attached hydrogens (tertiary/aromatic N) is 1. The Morgan fingerprint density at radius 1 is 1.43 bits per heavy atom. The number of carbonyl (C=O) groups is 2. The lowest BCUT2D eigenvalue weighted by molar-refractivity contribution is -0.131. The first-order valence-electron chi connectivity index (χ1n) is 6.23. The Balaban J connectivity index is 2.02. The summed E-state index contributed by atoms with van der Waals surface area (Å²) in [5, 5.41) is 13.3. The molecule has 2 aromatic rings. The van der Waals surface area contributed by atoms with Crippen molar-refractivity contribution in [1.29, 1.82) is 0 Å². The summed E-state index contributed by atoms with van der Waals surface area (Å²) >= 11 is 1.47. The third kappa shape index (κ3) is 4.25. The Hall–Kier alpha value is -2.47. The maximum Gasteiger partial charge on any atom is 0.328 e. The second kappa shape index (κ2) is 6.81. The van der Waals surface area contributed by atoms with E-state index in [4.69, 9.17) is 5.11 Å². The fraction of sp³-hybridized carbons (Fsp3) is 0.133. The summed E-state index contributed by atoms with van der Waals surface area (Å²) in [6.07, 6.45) is 5.80. The molecule has 0 atom stereocenters. The number of hydrogen-bond acceptors (Lipinski definition) is 4. The molecule has 0 aliphatic carbocycles. The van der Waals surface area contributed by atoms with E-state index < -0.39 is 5.97 Å². The van der Waals surface area contributed by atoms with Gasteiger partial charge in [0.1, 0.15) is 0 Å². The van der Waals surface area contributed by atoms with E-state index in [-0.39, 0.29) is 5.91 Å². The van der Waals surface area contributed by atoms with Crippen molar-refractivity contribution in [2.45, 2.75) is 13.5 Å². The Kier molecular flexibility index (Phi) is 4.84. The van der Waals surface area contributed by atoms with Gasteiger partial charge in [-0.15, -0.1) is 11.3 Å². The van der Waals surface area contributed by atoms with E-state index >= 15 is 0 Å². The van der Waals surface area contributed by atoms with Gasteiger partial charge in [0.15, 0.2) is 0 Å². The highest BCUT2D eigenvalue weighted by molar-refractivity contribution is 7.10. The summed E-state index contributed by atoms with van der Waals surface area (Å²) in [6, 6.07) is 3.59. The minimum absolute atomic E-state index is 0.201. The molecular formula is C15H14N2O3S. The maximum absolute atomic E-state index is 12.0. The van der Waals surface area contributed by atoms with Gasteiger partial charge in [-0.2, -0.15) is 0 Å². The largest absolute Gasteiger partial charge is 0.478 e. The number of carboxylic acids is 1. The predicted octanol–water partition coefficient (Wildman–Crippen LogP) is 2.48. The number of aromatic nitrogens is 1. The summed E-state index contributed by atoms with van der Waals surface area (Å²) in [5.41, 5.74) is 2.23. The van der Waals surface area contributed by atoms with Crippen molar-refractivity contribution >= 4 is 29.3 Å². The maximum atomic E-state index is 12.0. The van der Waals surface area contributed by atoms with Crippen LogP contribution in [0.15, 0.2) is 36.0 Å². The second-order valence-corrected chi connectivity index (χ2v) is 5.41. The molecule has 5 nitrogen and oxygen atoms in total. The van der Waals surface area contributed by atoms with Crippen LogP contribution >= 0.6 is 11.3 Å². The Labute approximate surface area is 126 Å². The van der Waals surface area contributed by atoms with Crippen LogP contribution in [0.3, 0.4) is 0 Å². The molecule has 2 heterocycles. The van der Waals surface area contributed by atoms with Crippen LogP contribution in [0.5, 0.6) is 0 Å². The lowest BCUT2D eigenvalue weighted by Crippen LogP contribution is -2.22. The van der Waals surface area contributed by atoms with E-state index in [0.29, 0.717) is 12.1 Å². The minimum Gasteiger partial charge on any atom is -0.478 e. The number of nitrogens with one attached hydrogen (secondary N) is 1. The van der Waals surface area contributed by atoms with Crippen molar-refractivity contribution in [3.05, 3.63) is 57.6 Å². The van der Waals surface area contributed by atoms with E-state index in [1.807, 2.05) is 18.4 Å². The molecule has 0 aliphatic rings. The topological polar surface area (TPSA) is 79.3 Å². The molecule has 0 fully saturated rings. The van der Waals surface area contributed by atoms with Crippen LogP contribution in [0, 0.1) is 6.92 Å². The highest BCUT2D eigenvalue weighted by atomic mass is 32.1. The number of aryl methyl sites for hydroxylation is 1. The van der Waals surface area contributed by atoms with Crippen molar-refractivity contribution in [3.63, 3.8) is 0 Å². The van der Waals surface area contributed by atoms with E-state index in [2.05, 4.69) is 10.3 Å². The van der Waals surface area contributed by atoms with Crippen LogP contribution in [0.4, 0.5) is 0 Å². The average Bonchev–Trinajstić information content (AvgIpc) is 2.90. The average molecular weight is 302 g/mol. The van der Waals surface area contributed by atoms with Gasteiger partial charge in [-0.25, -0.2) is 4.79 Å². The smallest absolute Gasteiger partial charge is 0.328 e. The molecule has 0 saturated carbocycles. The second-order valence-electron chi connectivity index (χ2n) is 4.40. The van der Waals surface area contributed by atoms with Crippen molar-refractivity contribution in [2.24, 2.45) is 0 Å². The summed E-state index contributed by atoms with van der Waals surface area (Å²) < 4.78 is 0. The van der Waals surface area contributed by atoms with E-state index in [1.54, 1.807) is 12.3 Å². The van der Waals surface area contributed by atoms with Gasteiger partial charge in [-0.3, -0.25) is 9.78 Å². The number of carbonyl (C=O) groups excluding carboxylic acids is 1. The zero-order valence-electron chi connectivity index (χ0n) is 11.4. The number of carboxylic acid groups (broad SMARTS) is 1. The van der Waals surface area contributed by atoms with Crippen LogP contribution in [0.25, 0.3) is 6.08 Å². The third-order valence-corrected chi connectivity index (χ3v) is 3.67. The van der Waals surface area contributed by atoms with E-state index in [0.717, 1.165) is 22.1 Å². The third-order valence-electron chi connectivity index (χ3n) is 2.73. The highest BCUT2D eigenvalue weighted by Gasteiger charge is 2.08. The first kappa shape index (κ1) is 14.9. The lowest BCUT2D eigenvalue weighted by atomic mass is 10.2. The van der Waals surface area contributed by atoms with Gasteiger partial charge < -0.3 is 10.4 Å². The first-order valence-corrected chi connectivity index (χ1v) is 7.11. The van der Waals surface area contributed by atoms with Gasteiger partial charge in [0.25, 0.3) is 5.91 Å². The standard InChI is InChI=1S/C15H14N2O3S/c1-10-6-12(8-16-7-10)15(20)17-9-13-11(4-5-21-13)2-3-14(18)19/h2-8H,9H2,1H3,(H,17,20)(H,18,19)/b3-2+. The molecule has 0 radical (unpaired) electrons. The molecule has 0 spiro atoms. The highest BCUT2D eigenvalue weighted by Crippen LogP contribution is 2.18. The van der Waals surface area contributed by atoms with Crippen LogP contribution in [-0.2, 0) is 11.3 Å². The molecule has 21 heavy (non-hydrogen) atoms. The molecule has 0 aliphatic heterocycles. The van der Waals surface area contributed by atoms with Gasteiger partial charge >= 0.3 is 5.97 Å². The number of thiophene rings is 1. The zero-order chi connectivity index (χ0) is 15.2. The fourth-order valence-corrected chi connectivity index (χ4v) is 2.55. The number of hydrogen-bond donors (Lipinski definition) is 2. The summed E-state index contributed by atoms with van der Waals surface area (Å²) in [7, 11) is 0. The normalized spacial score (nSPS) is 10.7. The number of pyridine rings is 1. The minimum atomic E-state index is -0.998. The Morgan fingerprint density at radius 3 is 2.95 bits per heavy atom. The number of aliphatic carboxylic acids is 1. The molecule has 2 rings (SSSR count). The number of rotatable bonds is 5. The molecule has 0 bridgehead atoms. The van der Waals surface area contributed by atoms with Gasteiger partial charge in [-0.05, 0) is 41.6 Å². The summed E-state index contributed by atoms with van der Waals surface area (Å²) in [5.74, 6) is -1.20. The molecular weight excluding hydrogens is 288 g/mol. The van der Waals surface area contributed by atoms with Gasteiger partial charge in [0.2, 0.25) is 0 Å². The monoisotopic (exact) mass is 302 g/mol. The van der Waals surface area contributed by atoms with Crippen molar-refractivity contribution in [2.75, 3.05) is 0 Å². The van der Waals surface area contributed by atoms with Crippen LogP contribution < -0.4 is 5.32 Å². The van der Waals surface area contributed by atoms with Crippen LogP contribution in [0.2, 0.25) is 0 Å². The lowest BCUT2D eigenvalue weighted by Gasteiger charge is -2.05. The van der Waals surface area contributed by atoms with E-state index in [1.165, 1.54) is 23.6 Å². The zero-order valence-corrected chi connectivity index (χ0v) is 12.2. The fourth-order valence-electron chi connectivity index (χ4n) is 1.75. The SMILES string of the molecule is Cc1cncc(C(=O)NCc2sccc2/C=C/C(=O)O)c1. The predicted molar refractivity (Wildman–Crippen MR) is 81.1 cm³/mol. The molecule has 0 unspecified atom stereocenters. The molecule has 1 amide bonds. The quantitative estimate of drug-likeness (QED) is 0.832. The van der Waals surface area contributed by atoms with Gasteiger partial charge in [0, 0.05) is 23.3 Å². The molecule has 0 saturated heterocycles. The molecule has 0 aromatic carbocycles. The van der Waals surface area contributed by atoms with Crippen molar-refractivity contribution < 1.29 is 14.7 Å². The molecule has 108 valence electrons. The molecule has 6 heteroatoms. The van der Waals surface area contributed by atoms with Crippen molar-refractivity contribution in [1.82, 2.24) is 10.3 Å². The van der Waals surface area contributed by atoms with Gasteiger partial charge in [-0.1, -0.05) is 0 Å². The molecule has 2 aromatic heterocycles. The Morgan fingerprint density at radius 2 is 2.24 bits per heavy atom. The van der Waals surface area contributed by atoms with Crippen molar-refractivity contribution in [3.8, 4) is 0 Å².